The Morgan fingerprint density at radius 3 is 2.80 bits per heavy atom. The fraction of sp³-hybridized carbons (Fsp3) is 0.267. The molecule has 1 saturated heterocycles. The molecular formula is C15H15N3OS. The number of nitrogens with zero attached hydrogens (tertiary/aromatic N) is 2. The molecule has 0 spiro atoms. The molecule has 1 aromatic carbocycles. The first-order chi connectivity index (χ1) is 9.67. The number of nitrogens with one attached hydrogen (secondary N) is 1. The molecular weight excluding hydrogens is 270 g/mol. The van der Waals surface area contributed by atoms with Crippen LogP contribution in [-0.4, -0.2) is 21.6 Å². The summed E-state index contributed by atoms with van der Waals surface area (Å²) in [5.41, 5.74) is 3.13. The Morgan fingerprint density at radius 1 is 1.25 bits per heavy atom. The Labute approximate surface area is 122 Å². The van der Waals surface area contributed by atoms with Gasteiger partial charge in [-0.25, -0.2) is 9.97 Å². The number of benzene rings is 1. The van der Waals surface area contributed by atoms with E-state index in [9.17, 15) is 4.79 Å². The summed E-state index contributed by atoms with van der Waals surface area (Å²) in [4.78, 5) is 19.4. The molecule has 0 radical (unpaired) electrons. The number of carbonyl (C=O) groups is 1. The molecule has 2 aromatic rings. The Hall–Kier alpha value is -1.88. The molecule has 4 nitrogen and oxygen atoms in total. The summed E-state index contributed by atoms with van der Waals surface area (Å²) in [7, 11) is 0. The van der Waals surface area contributed by atoms with Crippen molar-refractivity contribution in [3.8, 4) is 11.1 Å². The van der Waals surface area contributed by atoms with Crippen molar-refractivity contribution in [2.24, 2.45) is 0 Å². The molecule has 102 valence electrons. The summed E-state index contributed by atoms with van der Waals surface area (Å²) in [6, 6.07) is 8.17. The molecule has 5 heteroatoms. The minimum absolute atomic E-state index is 0.111. The van der Waals surface area contributed by atoms with Gasteiger partial charge in [-0.1, -0.05) is 18.2 Å². The first kappa shape index (κ1) is 13.1. The van der Waals surface area contributed by atoms with Crippen molar-refractivity contribution < 1.29 is 4.79 Å². The SMILES string of the molecule is CC1(c2cccc(-c3cncnc3)c2)NC(=O)CCS1. The maximum absolute atomic E-state index is 11.7. The van der Waals surface area contributed by atoms with Gasteiger partial charge in [-0.3, -0.25) is 4.79 Å². The third-order valence-electron chi connectivity index (χ3n) is 3.41. The van der Waals surface area contributed by atoms with Gasteiger partial charge in [-0.2, -0.15) is 0 Å². The topological polar surface area (TPSA) is 54.9 Å². The molecule has 0 aliphatic carbocycles. The van der Waals surface area contributed by atoms with Crippen molar-refractivity contribution in [2.45, 2.75) is 18.2 Å². The molecule has 1 aliphatic rings. The zero-order chi connectivity index (χ0) is 14.0. The molecule has 2 heterocycles. The molecule has 1 aromatic heterocycles. The monoisotopic (exact) mass is 285 g/mol. The highest BCUT2D eigenvalue weighted by atomic mass is 32.2. The second-order valence-corrected chi connectivity index (χ2v) is 6.40. The molecule has 1 amide bonds. The van der Waals surface area contributed by atoms with Crippen LogP contribution in [0.1, 0.15) is 18.9 Å². The van der Waals surface area contributed by atoms with Crippen LogP contribution in [0.4, 0.5) is 0 Å². The molecule has 1 aliphatic heterocycles. The summed E-state index contributed by atoms with van der Waals surface area (Å²) in [5.74, 6) is 0.959. The number of thioether (sulfide) groups is 1. The minimum atomic E-state index is -0.360. The lowest BCUT2D eigenvalue weighted by Crippen LogP contribution is -2.44. The van der Waals surface area contributed by atoms with Gasteiger partial charge in [0.05, 0.1) is 0 Å². The van der Waals surface area contributed by atoms with Gasteiger partial charge >= 0.3 is 0 Å². The number of hydrogen-bond donors (Lipinski definition) is 1. The Balaban J connectivity index is 1.97. The second kappa shape index (κ2) is 5.25. The van der Waals surface area contributed by atoms with E-state index < -0.39 is 0 Å². The predicted molar refractivity (Wildman–Crippen MR) is 80.0 cm³/mol. The molecule has 0 saturated carbocycles. The quantitative estimate of drug-likeness (QED) is 0.921. The van der Waals surface area contributed by atoms with Gasteiger partial charge in [0, 0.05) is 30.1 Å². The lowest BCUT2D eigenvalue weighted by Gasteiger charge is -2.34. The molecule has 20 heavy (non-hydrogen) atoms. The van der Waals surface area contributed by atoms with Crippen LogP contribution in [0.2, 0.25) is 0 Å². The van der Waals surface area contributed by atoms with E-state index in [-0.39, 0.29) is 10.8 Å². The van der Waals surface area contributed by atoms with Gasteiger partial charge in [-0.15, -0.1) is 11.8 Å². The van der Waals surface area contributed by atoms with E-state index in [1.807, 2.05) is 18.2 Å². The van der Waals surface area contributed by atoms with Crippen molar-refractivity contribution in [3.63, 3.8) is 0 Å². The minimum Gasteiger partial charge on any atom is -0.338 e. The van der Waals surface area contributed by atoms with Crippen molar-refractivity contribution in [1.29, 1.82) is 0 Å². The number of amides is 1. The maximum atomic E-state index is 11.7. The van der Waals surface area contributed by atoms with Gasteiger partial charge in [0.15, 0.2) is 0 Å². The largest absolute Gasteiger partial charge is 0.338 e. The van der Waals surface area contributed by atoms with Gasteiger partial charge in [-0.05, 0) is 24.1 Å². The zero-order valence-electron chi connectivity index (χ0n) is 11.2. The Kier molecular flexibility index (Phi) is 3.44. The van der Waals surface area contributed by atoms with Crippen LogP contribution in [0.5, 0.6) is 0 Å². The molecule has 1 unspecified atom stereocenters. The normalized spacial score (nSPS) is 22.4. The molecule has 1 fully saturated rings. The van der Waals surface area contributed by atoms with Crippen molar-refractivity contribution >= 4 is 17.7 Å². The van der Waals surface area contributed by atoms with E-state index in [2.05, 4.69) is 28.3 Å². The molecule has 1 N–H and O–H groups in total. The fourth-order valence-electron chi connectivity index (χ4n) is 2.31. The summed E-state index contributed by atoms with van der Waals surface area (Å²) >= 11 is 1.76. The van der Waals surface area contributed by atoms with Crippen LogP contribution in [0.25, 0.3) is 11.1 Å². The Morgan fingerprint density at radius 2 is 2.05 bits per heavy atom. The van der Waals surface area contributed by atoms with Crippen molar-refractivity contribution in [1.82, 2.24) is 15.3 Å². The van der Waals surface area contributed by atoms with E-state index in [4.69, 9.17) is 0 Å². The van der Waals surface area contributed by atoms with Crippen molar-refractivity contribution in [3.05, 3.63) is 48.5 Å². The molecule has 0 bridgehead atoms. The fourth-order valence-corrected chi connectivity index (χ4v) is 3.49. The zero-order valence-corrected chi connectivity index (χ0v) is 12.0. The smallest absolute Gasteiger partial charge is 0.222 e. The highest BCUT2D eigenvalue weighted by Gasteiger charge is 2.32. The van der Waals surface area contributed by atoms with E-state index in [0.29, 0.717) is 6.42 Å². The van der Waals surface area contributed by atoms with Gasteiger partial charge in [0.2, 0.25) is 5.91 Å². The van der Waals surface area contributed by atoms with Gasteiger partial charge < -0.3 is 5.32 Å². The Bertz CT molecular complexity index is 632. The van der Waals surface area contributed by atoms with E-state index >= 15 is 0 Å². The lowest BCUT2D eigenvalue weighted by atomic mass is 10.0. The second-order valence-electron chi connectivity index (χ2n) is 4.89. The number of rotatable bonds is 2. The van der Waals surface area contributed by atoms with Crippen molar-refractivity contribution in [2.75, 3.05) is 5.75 Å². The van der Waals surface area contributed by atoms with Crippen LogP contribution in [-0.2, 0) is 9.67 Å². The first-order valence-corrected chi connectivity index (χ1v) is 7.47. The number of carbonyl (C=O) groups excluding carboxylic acids is 1. The van der Waals surface area contributed by atoms with Crippen LogP contribution < -0.4 is 5.32 Å². The summed E-state index contributed by atoms with van der Waals surface area (Å²) in [6.45, 7) is 2.05. The van der Waals surface area contributed by atoms with E-state index in [0.717, 1.165) is 22.4 Å². The summed E-state index contributed by atoms with van der Waals surface area (Å²) in [5, 5.41) is 3.08. The standard InChI is InChI=1S/C15H15N3OS/c1-15(18-14(19)5-6-20-15)13-4-2-3-11(7-13)12-8-16-10-17-9-12/h2-4,7-10H,5-6H2,1H3,(H,18,19). The third-order valence-corrected chi connectivity index (χ3v) is 4.73. The highest BCUT2D eigenvalue weighted by Crippen LogP contribution is 2.37. The predicted octanol–water partition coefficient (Wildman–Crippen LogP) is 2.57. The number of aromatic nitrogens is 2. The summed E-state index contributed by atoms with van der Waals surface area (Å²) < 4.78 is 0. The van der Waals surface area contributed by atoms with Crippen LogP contribution in [0.3, 0.4) is 0 Å². The average Bonchev–Trinajstić information content (AvgIpc) is 2.48. The van der Waals surface area contributed by atoms with E-state index in [1.54, 1.807) is 24.2 Å². The highest BCUT2D eigenvalue weighted by molar-refractivity contribution is 8.00. The summed E-state index contributed by atoms with van der Waals surface area (Å²) in [6.07, 6.45) is 5.69. The van der Waals surface area contributed by atoms with Gasteiger partial charge in [0.25, 0.3) is 0 Å². The first-order valence-electron chi connectivity index (χ1n) is 6.48. The van der Waals surface area contributed by atoms with Crippen LogP contribution in [0.15, 0.2) is 43.0 Å². The maximum Gasteiger partial charge on any atom is 0.222 e. The van der Waals surface area contributed by atoms with Crippen LogP contribution >= 0.6 is 11.8 Å². The number of hydrogen-bond acceptors (Lipinski definition) is 4. The lowest BCUT2D eigenvalue weighted by molar-refractivity contribution is -0.122. The third kappa shape index (κ3) is 2.54. The van der Waals surface area contributed by atoms with E-state index in [1.165, 1.54) is 6.33 Å². The van der Waals surface area contributed by atoms with Crippen LogP contribution in [0, 0.1) is 0 Å². The molecule has 1 atom stereocenters. The average molecular weight is 285 g/mol. The van der Waals surface area contributed by atoms with Gasteiger partial charge in [0.1, 0.15) is 11.2 Å². The molecule has 3 rings (SSSR count).